The van der Waals surface area contributed by atoms with Crippen LogP contribution in [0, 0.1) is 11.8 Å². The highest BCUT2D eigenvalue weighted by atomic mass is 32.2. The lowest BCUT2D eigenvalue weighted by Gasteiger charge is -2.41. The highest BCUT2D eigenvalue weighted by molar-refractivity contribution is 8.02. The van der Waals surface area contributed by atoms with Gasteiger partial charge in [0.1, 0.15) is 6.04 Å². The van der Waals surface area contributed by atoms with E-state index in [4.69, 9.17) is 4.74 Å². The molecule has 0 aromatic carbocycles. The molecule has 8 heteroatoms. The normalized spacial score (nSPS) is 37.1. The molecule has 2 amide bonds. The summed E-state index contributed by atoms with van der Waals surface area (Å²) >= 11 is 1.58. The quantitative estimate of drug-likeness (QED) is 0.370. The molecular weight excluding hydrogens is 452 g/mol. The Morgan fingerprint density at radius 1 is 1.09 bits per heavy atom. The monoisotopic (exact) mass is 490 g/mol. The minimum Gasteiger partial charge on any atom is -0.465 e. The number of aliphatic hydroxyl groups excluding tert-OH is 1. The summed E-state index contributed by atoms with van der Waals surface area (Å²) in [7, 11) is 0. The Hall–Kier alpha value is -1.80. The highest BCUT2D eigenvalue weighted by Crippen LogP contribution is 2.65. The Morgan fingerprint density at radius 3 is 2.56 bits per heavy atom. The number of aliphatic hydroxyl groups is 1. The fourth-order valence-corrected chi connectivity index (χ4v) is 8.19. The third kappa shape index (κ3) is 4.11. The zero-order valence-corrected chi connectivity index (χ0v) is 21.6. The number of thioether (sulfide) groups is 1. The number of rotatable bonds is 4. The summed E-state index contributed by atoms with van der Waals surface area (Å²) in [6.45, 7) is 9.27. The van der Waals surface area contributed by atoms with E-state index in [0.717, 1.165) is 19.3 Å². The Balaban J connectivity index is 1.84. The first-order valence-corrected chi connectivity index (χ1v) is 13.3. The summed E-state index contributed by atoms with van der Waals surface area (Å²) in [5, 5.41) is 9.31. The van der Waals surface area contributed by atoms with Crippen LogP contribution in [0.2, 0.25) is 0 Å². The van der Waals surface area contributed by atoms with E-state index in [1.54, 1.807) is 16.7 Å². The Kier molecular flexibility index (Phi) is 6.95. The number of hydrogen-bond donors (Lipinski definition) is 1. The molecule has 0 bridgehead atoms. The van der Waals surface area contributed by atoms with E-state index in [0.29, 0.717) is 32.5 Å². The third-order valence-corrected chi connectivity index (χ3v) is 9.41. The Morgan fingerprint density at radius 2 is 1.85 bits per heavy atom. The molecule has 34 heavy (non-hydrogen) atoms. The number of hydrogen-bond acceptors (Lipinski definition) is 6. The SMILES string of the molecule is CC(C)(C)N1CC=C[C@]23S[C@@]4(C)/C=C\CCCCOC(=O)[C@H]4[C@H]2C(=O)N(CCCCO)C3C1=O. The number of allylic oxidation sites excluding steroid dienone is 1. The van der Waals surface area contributed by atoms with Crippen LogP contribution in [0.1, 0.15) is 59.8 Å². The van der Waals surface area contributed by atoms with Gasteiger partial charge in [-0.3, -0.25) is 14.4 Å². The summed E-state index contributed by atoms with van der Waals surface area (Å²) in [6.07, 6.45) is 12.0. The van der Waals surface area contributed by atoms with Crippen molar-refractivity contribution in [2.75, 3.05) is 26.3 Å². The van der Waals surface area contributed by atoms with Crippen molar-refractivity contribution in [2.24, 2.45) is 11.8 Å². The van der Waals surface area contributed by atoms with Crippen LogP contribution in [0.5, 0.6) is 0 Å². The molecule has 4 rings (SSSR count). The number of fused-ring (bicyclic) bond motifs is 2. The number of cyclic esters (lactones) is 1. The van der Waals surface area contributed by atoms with Gasteiger partial charge in [0.15, 0.2) is 0 Å². The van der Waals surface area contributed by atoms with Crippen LogP contribution in [0.25, 0.3) is 0 Å². The van der Waals surface area contributed by atoms with Crippen LogP contribution in [-0.4, -0.2) is 80.1 Å². The molecule has 1 spiro atoms. The molecule has 0 aliphatic carbocycles. The van der Waals surface area contributed by atoms with Crippen LogP contribution in [0.3, 0.4) is 0 Å². The van der Waals surface area contributed by atoms with E-state index in [9.17, 15) is 19.5 Å². The molecule has 2 saturated heterocycles. The van der Waals surface area contributed by atoms with Crippen molar-refractivity contribution in [1.82, 2.24) is 9.80 Å². The second-order valence-corrected chi connectivity index (χ2v) is 12.8. The second kappa shape index (κ2) is 9.34. The maximum Gasteiger partial charge on any atom is 0.311 e. The van der Waals surface area contributed by atoms with Crippen LogP contribution in [0.15, 0.2) is 24.3 Å². The highest BCUT2D eigenvalue weighted by Gasteiger charge is 2.73. The fraction of sp³-hybridized carbons (Fsp3) is 0.731. The number of likely N-dealkylation sites (tertiary alicyclic amines) is 1. The molecule has 7 nitrogen and oxygen atoms in total. The van der Waals surface area contributed by atoms with Gasteiger partial charge in [0, 0.05) is 30.0 Å². The maximum absolute atomic E-state index is 14.1. The standard InChI is InChI=1S/C26H38N2O5S/c1-24(2,3)28-15-11-13-26-18(21(30)27(14-8-9-16-29)20(26)22(28)31)19-23(32)33-17-10-6-5-7-12-25(19,4)34-26/h7,11-13,18-20,29H,5-6,8-10,14-17H2,1-4H3/b12-7-/t18-,19+,20?,25-,26-/m0/s1. The molecule has 4 aliphatic rings. The first-order valence-electron chi connectivity index (χ1n) is 12.5. The minimum atomic E-state index is -0.843. The zero-order chi connectivity index (χ0) is 24.7. The summed E-state index contributed by atoms with van der Waals surface area (Å²) < 4.78 is 4.20. The molecule has 4 aliphatic heterocycles. The molecule has 1 unspecified atom stereocenters. The minimum absolute atomic E-state index is 0.0375. The van der Waals surface area contributed by atoms with E-state index >= 15 is 0 Å². The van der Waals surface area contributed by atoms with E-state index in [-0.39, 0.29) is 24.4 Å². The van der Waals surface area contributed by atoms with E-state index in [1.807, 2.05) is 44.7 Å². The van der Waals surface area contributed by atoms with Gasteiger partial charge in [-0.2, -0.15) is 0 Å². The smallest absolute Gasteiger partial charge is 0.311 e. The molecule has 0 saturated carbocycles. The van der Waals surface area contributed by atoms with E-state index in [2.05, 4.69) is 12.2 Å². The zero-order valence-electron chi connectivity index (χ0n) is 20.8. The van der Waals surface area contributed by atoms with Crippen molar-refractivity contribution in [3.8, 4) is 0 Å². The molecule has 5 atom stereocenters. The van der Waals surface area contributed by atoms with Crippen molar-refractivity contribution in [1.29, 1.82) is 0 Å². The lowest BCUT2D eigenvalue weighted by atomic mass is 9.74. The van der Waals surface area contributed by atoms with Crippen LogP contribution in [-0.2, 0) is 19.1 Å². The third-order valence-electron chi connectivity index (χ3n) is 7.62. The van der Waals surface area contributed by atoms with Crippen LogP contribution < -0.4 is 0 Å². The van der Waals surface area contributed by atoms with Gasteiger partial charge in [0.25, 0.3) is 0 Å². The van der Waals surface area contributed by atoms with Gasteiger partial charge >= 0.3 is 5.97 Å². The number of carbonyl (C=O) groups is 3. The molecule has 2 fully saturated rings. The predicted octanol–water partition coefficient (Wildman–Crippen LogP) is 2.93. The average Bonchev–Trinajstić information content (AvgIpc) is 3.07. The van der Waals surface area contributed by atoms with Gasteiger partial charge in [0.2, 0.25) is 11.8 Å². The van der Waals surface area contributed by atoms with Crippen molar-refractivity contribution in [3.63, 3.8) is 0 Å². The lowest BCUT2D eigenvalue weighted by molar-refractivity contribution is -0.154. The average molecular weight is 491 g/mol. The van der Waals surface area contributed by atoms with Gasteiger partial charge in [-0.25, -0.2) is 0 Å². The topological polar surface area (TPSA) is 87.2 Å². The predicted molar refractivity (Wildman–Crippen MR) is 132 cm³/mol. The number of ether oxygens (including phenoxy) is 1. The number of amides is 2. The summed E-state index contributed by atoms with van der Waals surface area (Å²) in [6, 6.07) is -0.692. The van der Waals surface area contributed by atoms with Gasteiger partial charge < -0.3 is 19.6 Å². The van der Waals surface area contributed by atoms with Crippen molar-refractivity contribution >= 4 is 29.5 Å². The molecule has 0 aromatic heterocycles. The second-order valence-electron chi connectivity index (χ2n) is 11.0. The largest absolute Gasteiger partial charge is 0.465 e. The van der Waals surface area contributed by atoms with E-state index in [1.165, 1.54) is 0 Å². The van der Waals surface area contributed by atoms with E-state index < -0.39 is 32.9 Å². The van der Waals surface area contributed by atoms with Gasteiger partial charge in [-0.05, 0) is 59.8 Å². The fourth-order valence-electron chi connectivity index (χ4n) is 6.03. The maximum atomic E-state index is 14.1. The number of carbonyl (C=O) groups excluding carboxylic acids is 3. The van der Waals surface area contributed by atoms with Crippen molar-refractivity contribution in [2.45, 2.75) is 80.9 Å². The van der Waals surface area contributed by atoms with Crippen LogP contribution >= 0.6 is 11.8 Å². The van der Waals surface area contributed by atoms with Gasteiger partial charge in [-0.1, -0.05) is 24.3 Å². The molecule has 1 N–H and O–H groups in total. The van der Waals surface area contributed by atoms with Crippen molar-refractivity contribution in [3.05, 3.63) is 24.3 Å². The van der Waals surface area contributed by atoms with Crippen LogP contribution in [0.4, 0.5) is 0 Å². The van der Waals surface area contributed by atoms with Crippen molar-refractivity contribution < 1.29 is 24.2 Å². The molecule has 0 radical (unpaired) electrons. The molecule has 0 aromatic rings. The van der Waals surface area contributed by atoms with Gasteiger partial charge in [0.05, 0.1) is 23.2 Å². The van der Waals surface area contributed by atoms with Gasteiger partial charge in [-0.15, -0.1) is 11.8 Å². The summed E-state index contributed by atoms with van der Waals surface area (Å²) in [4.78, 5) is 45.2. The summed E-state index contributed by atoms with van der Waals surface area (Å²) in [5.74, 6) is -1.90. The number of unbranched alkanes of at least 4 members (excludes halogenated alkanes) is 1. The number of esters is 1. The number of nitrogens with zero attached hydrogens (tertiary/aromatic N) is 2. The molecule has 188 valence electrons. The first kappa shape index (κ1) is 25.3. The lowest BCUT2D eigenvalue weighted by Crippen LogP contribution is -2.57. The Labute approximate surface area is 206 Å². The first-order chi connectivity index (χ1) is 16.1. The summed E-state index contributed by atoms with van der Waals surface area (Å²) in [5.41, 5.74) is -0.408. The molecular formula is C26H38N2O5S. The Bertz CT molecular complexity index is 896. The molecule has 4 heterocycles.